The van der Waals surface area contributed by atoms with Crippen LogP contribution in [-0.2, 0) is 0 Å². The quantitative estimate of drug-likeness (QED) is 0.814. The smallest absolute Gasteiger partial charge is 0.255 e. The Labute approximate surface area is 133 Å². The van der Waals surface area contributed by atoms with Gasteiger partial charge in [-0.15, -0.1) is 0 Å². The van der Waals surface area contributed by atoms with Crippen molar-refractivity contribution in [1.82, 2.24) is 0 Å². The summed E-state index contributed by atoms with van der Waals surface area (Å²) in [6, 6.07) is 15.4. The molecule has 0 aliphatic heterocycles. The number of para-hydroxylation sites is 2. The van der Waals surface area contributed by atoms with Crippen LogP contribution in [-0.4, -0.2) is 19.5 Å². The SMILES string of the molecule is CCN(C)c1ccccc1NC(=O)c1ccc(I)cc1. The summed E-state index contributed by atoms with van der Waals surface area (Å²) in [5, 5.41) is 2.98. The number of carbonyl (C=O) groups excluding carboxylic acids is 1. The average Bonchev–Trinajstić information content (AvgIpc) is 2.47. The minimum absolute atomic E-state index is 0.0849. The first-order valence-electron chi connectivity index (χ1n) is 6.49. The number of amides is 1. The molecule has 0 fully saturated rings. The highest BCUT2D eigenvalue weighted by atomic mass is 127. The fraction of sp³-hybridized carbons (Fsp3) is 0.188. The molecule has 1 N–H and O–H groups in total. The number of halogens is 1. The lowest BCUT2D eigenvalue weighted by molar-refractivity contribution is 0.102. The van der Waals surface area contributed by atoms with E-state index in [9.17, 15) is 4.79 Å². The second kappa shape index (κ2) is 6.74. The van der Waals surface area contributed by atoms with Crippen molar-refractivity contribution in [2.24, 2.45) is 0 Å². The van der Waals surface area contributed by atoms with E-state index in [1.807, 2.05) is 55.6 Å². The third-order valence-electron chi connectivity index (χ3n) is 3.14. The molecule has 2 rings (SSSR count). The molecule has 3 nitrogen and oxygen atoms in total. The Bertz CT molecular complexity index is 596. The zero-order valence-corrected chi connectivity index (χ0v) is 13.7. The maximum absolute atomic E-state index is 12.3. The van der Waals surface area contributed by atoms with Crippen LogP contribution in [0.1, 0.15) is 17.3 Å². The van der Waals surface area contributed by atoms with Gasteiger partial charge in [-0.1, -0.05) is 12.1 Å². The molecule has 0 aliphatic carbocycles. The highest BCUT2D eigenvalue weighted by Gasteiger charge is 2.10. The van der Waals surface area contributed by atoms with Crippen LogP contribution in [0.5, 0.6) is 0 Å². The van der Waals surface area contributed by atoms with Crippen LogP contribution in [0.25, 0.3) is 0 Å². The van der Waals surface area contributed by atoms with Crippen molar-refractivity contribution in [2.45, 2.75) is 6.92 Å². The lowest BCUT2D eigenvalue weighted by atomic mass is 10.2. The maximum Gasteiger partial charge on any atom is 0.255 e. The number of hydrogen-bond acceptors (Lipinski definition) is 2. The zero-order valence-electron chi connectivity index (χ0n) is 11.6. The van der Waals surface area contributed by atoms with Gasteiger partial charge in [0.2, 0.25) is 0 Å². The van der Waals surface area contributed by atoms with Gasteiger partial charge in [-0.2, -0.15) is 0 Å². The number of nitrogens with one attached hydrogen (secondary N) is 1. The number of carbonyl (C=O) groups is 1. The maximum atomic E-state index is 12.3. The molecule has 2 aromatic carbocycles. The highest BCUT2D eigenvalue weighted by Crippen LogP contribution is 2.24. The largest absolute Gasteiger partial charge is 0.373 e. The van der Waals surface area contributed by atoms with Crippen molar-refractivity contribution < 1.29 is 4.79 Å². The Morgan fingerprint density at radius 3 is 2.45 bits per heavy atom. The molecule has 20 heavy (non-hydrogen) atoms. The summed E-state index contributed by atoms with van der Waals surface area (Å²) in [5.41, 5.74) is 2.52. The Balaban J connectivity index is 2.21. The monoisotopic (exact) mass is 380 g/mol. The third-order valence-corrected chi connectivity index (χ3v) is 3.86. The fourth-order valence-electron chi connectivity index (χ4n) is 1.88. The average molecular weight is 380 g/mol. The summed E-state index contributed by atoms with van der Waals surface area (Å²) in [7, 11) is 2.01. The summed E-state index contributed by atoms with van der Waals surface area (Å²) in [6.07, 6.45) is 0. The van der Waals surface area contributed by atoms with Gasteiger partial charge in [0.25, 0.3) is 5.91 Å². The normalized spacial score (nSPS) is 10.2. The van der Waals surface area contributed by atoms with E-state index in [-0.39, 0.29) is 5.91 Å². The molecule has 0 heterocycles. The lowest BCUT2D eigenvalue weighted by Gasteiger charge is -2.20. The van der Waals surface area contributed by atoms with Crippen LogP contribution in [0.4, 0.5) is 11.4 Å². The van der Waals surface area contributed by atoms with Gasteiger partial charge in [-0.3, -0.25) is 4.79 Å². The van der Waals surface area contributed by atoms with E-state index in [1.54, 1.807) is 0 Å². The fourth-order valence-corrected chi connectivity index (χ4v) is 2.24. The first-order chi connectivity index (χ1) is 9.61. The van der Waals surface area contributed by atoms with E-state index in [1.165, 1.54) is 0 Å². The molecule has 2 aromatic rings. The summed E-state index contributed by atoms with van der Waals surface area (Å²) in [5.74, 6) is -0.0849. The summed E-state index contributed by atoms with van der Waals surface area (Å²) < 4.78 is 1.12. The van der Waals surface area contributed by atoms with Gasteiger partial charge in [-0.05, 0) is 65.9 Å². The van der Waals surface area contributed by atoms with Crippen LogP contribution >= 0.6 is 22.6 Å². The lowest BCUT2D eigenvalue weighted by Crippen LogP contribution is -2.19. The van der Waals surface area contributed by atoms with Crippen molar-refractivity contribution in [3.63, 3.8) is 0 Å². The molecule has 4 heteroatoms. The van der Waals surface area contributed by atoms with Crippen LogP contribution < -0.4 is 10.2 Å². The number of benzene rings is 2. The molecule has 0 unspecified atom stereocenters. The van der Waals surface area contributed by atoms with Crippen molar-refractivity contribution in [3.05, 3.63) is 57.7 Å². The second-order valence-corrected chi connectivity index (χ2v) is 5.74. The predicted octanol–water partition coefficient (Wildman–Crippen LogP) is 4.00. The van der Waals surface area contributed by atoms with Crippen molar-refractivity contribution in [3.8, 4) is 0 Å². The molecule has 0 saturated heterocycles. The molecule has 0 bridgehead atoms. The molecule has 0 aromatic heterocycles. The highest BCUT2D eigenvalue weighted by molar-refractivity contribution is 14.1. The van der Waals surface area contributed by atoms with Gasteiger partial charge in [-0.25, -0.2) is 0 Å². The van der Waals surface area contributed by atoms with Crippen LogP contribution in [0.2, 0.25) is 0 Å². The zero-order chi connectivity index (χ0) is 14.5. The molecule has 0 saturated carbocycles. The van der Waals surface area contributed by atoms with E-state index in [2.05, 4.69) is 39.7 Å². The van der Waals surface area contributed by atoms with Crippen molar-refractivity contribution >= 4 is 39.9 Å². The number of anilines is 2. The summed E-state index contributed by atoms with van der Waals surface area (Å²) >= 11 is 2.22. The van der Waals surface area contributed by atoms with E-state index in [0.717, 1.165) is 21.5 Å². The standard InChI is InChI=1S/C16H17IN2O/c1-3-19(2)15-7-5-4-6-14(15)18-16(20)12-8-10-13(17)11-9-12/h4-11H,3H2,1-2H3,(H,18,20). The number of rotatable bonds is 4. The Morgan fingerprint density at radius 2 is 1.80 bits per heavy atom. The van der Waals surface area contributed by atoms with Crippen LogP contribution in [0, 0.1) is 3.57 Å². The third kappa shape index (κ3) is 3.50. The number of hydrogen-bond donors (Lipinski definition) is 1. The van der Waals surface area contributed by atoms with Gasteiger partial charge in [0, 0.05) is 22.7 Å². The first-order valence-corrected chi connectivity index (χ1v) is 7.56. The Hall–Kier alpha value is -1.56. The van der Waals surface area contributed by atoms with Crippen LogP contribution in [0.15, 0.2) is 48.5 Å². The molecule has 0 aliphatic rings. The molecular formula is C16H17IN2O. The van der Waals surface area contributed by atoms with Gasteiger partial charge < -0.3 is 10.2 Å². The minimum atomic E-state index is -0.0849. The van der Waals surface area contributed by atoms with Crippen LogP contribution in [0.3, 0.4) is 0 Å². The van der Waals surface area contributed by atoms with E-state index in [4.69, 9.17) is 0 Å². The van der Waals surface area contributed by atoms with Gasteiger partial charge in [0.1, 0.15) is 0 Å². The van der Waals surface area contributed by atoms with Crippen molar-refractivity contribution in [2.75, 3.05) is 23.8 Å². The second-order valence-electron chi connectivity index (χ2n) is 4.49. The van der Waals surface area contributed by atoms with E-state index < -0.39 is 0 Å². The molecule has 104 valence electrons. The topological polar surface area (TPSA) is 32.3 Å². The Kier molecular flexibility index (Phi) is 5.00. The van der Waals surface area contributed by atoms with Gasteiger partial charge in [0.05, 0.1) is 11.4 Å². The number of nitrogens with zero attached hydrogens (tertiary/aromatic N) is 1. The molecular weight excluding hydrogens is 363 g/mol. The summed E-state index contributed by atoms with van der Waals surface area (Å²) in [4.78, 5) is 14.4. The van der Waals surface area contributed by atoms with E-state index in [0.29, 0.717) is 5.56 Å². The van der Waals surface area contributed by atoms with E-state index >= 15 is 0 Å². The molecule has 0 radical (unpaired) electrons. The van der Waals surface area contributed by atoms with Gasteiger partial charge >= 0.3 is 0 Å². The summed E-state index contributed by atoms with van der Waals surface area (Å²) in [6.45, 7) is 2.97. The minimum Gasteiger partial charge on any atom is -0.373 e. The molecule has 0 spiro atoms. The Morgan fingerprint density at radius 1 is 1.15 bits per heavy atom. The van der Waals surface area contributed by atoms with Crippen molar-refractivity contribution in [1.29, 1.82) is 0 Å². The van der Waals surface area contributed by atoms with Gasteiger partial charge in [0.15, 0.2) is 0 Å². The molecule has 1 amide bonds. The first kappa shape index (κ1) is 14.8. The molecule has 0 atom stereocenters. The predicted molar refractivity (Wildman–Crippen MR) is 92.5 cm³/mol.